The number of rotatable bonds is 3. The summed E-state index contributed by atoms with van der Waals surface area (Å²) >= 11 is 0. The Balaban J connectivity index is 2.42. The Morgan fingerprint density at radius 1 is 1.50 bits per heavy atom. The Bertz CT molecular complexity index is 260. The molecule has 1 aliphatic rings. The predicted molar refractivity (Wildman–Crippen MR) is 65.9 cm³/mol. The van der Waals surface area contributed by atoms with E-state index in [0.717, 1.165) is 0 Å². The van der Waals surface area contributed by atoms with E-state index in [0.29, 0.717) is 13.2 Å². The zero-order valence-electron chi connectivity index (χ0n) is 10.9. The average molecular weight is 245 g/mol. The predicted octanol–water partition coefficient (Wildman–Crippen LogP) is 1.52. The Hall–Kier alpha value is -0.393. The Morgan fingerprint density at radius 2 is 2.12 bits per heavy atom. The Labute approximate surface area is 98.8 Å². The van der Waals surface area contributed by atoms with Gasteiger partial charge >= 0.3 is 0 Å². The lowest BCUT2D eigenvalue weighted by atomic mass is 10.2. The first kappa shape index (κ1) is 13.7. The van der Waals surface area contributed by atoms with Crippen molar-refractivity contribution in [3.05, 3.63) is 0 Å². The number of morpholine rings is 1. The maximum absolute atomic E-state index is 11.1. The van der Waals surface area contributed by atoms with Crippen LogP contribution in [0, 0.1) is 0 Å². The molecule has 4 nitrogen and oxygen atoms in total. The van der Waals surface area contributed by atoms with Gasteiger partial charge in [0.1, 0.15) is 6.61 Å². The first-order chi connectivity index (χ1) is 7.22. The van der Waals surface area contributed by atoms with E-state index in [1.807, 2.05) is 0 Å². The lowest BCUT2D eigenvalue weighted by Gasteiger charge is -2.37. The highest BCUT2D eigenvalue weighted by Crippen LogP contribution is 2.36. The van der Waals surface area contributed by atoms with Crippen LogP contribution in [0.4, 0.5) is 0 Å². The quantitative estimate of drug-likeness (QED) is 0.767. The van der Waals surface area contributed by atoms with Crippen LogP contribution >= 0.6 is 0 Å². The number of carbonyl (C=O) groups is 1. The molecule has 0 aromatic carbocycles. The molecule has 0 bridgehead atoms. The van der Waals surface area contributed by atoms with Gasteiger partial charge in [-0.1, -0.05) is 20.8 Å². The van der Waals surface area contributed by atoms with E-state index in [2.05, 4.69) is 39.2 Å². The van der Waals surface area contributed by atoms with Gasteiger partial charge in [0, 0.05) is 0 Å². The fourth-order valence-corrected chi connectivity index (χ4v) is 2.27. The fraction of sp³-hybridized carbons (Fsp3) is 0.909. The molecule has 0 aromatic heterocycles. The van der Waals surface area contributed by atoms with Gasteiger partial charge in [0.25, 0.3) is 0 Å². The second-order valence-electron chi connectivity index (χ2n) is 5.85. The molecule has 0 spiro atoms. The monoisotopic (exact) mass is 245 g/mol. The second-order valence-corrected chi connectivity index (χ2v) is 10.7. The number of carbonyl (C=O) groups excluding carboxylic acids is 1. The van der Waals surface area contributed by atoms with Gasteiger partial charge < -0.3 is 14.5 Å². The Morgan fingerprint density at radius 3 is 2.62 bits per heavy atom. The van der Waals surface area contributed by atoms with Crippen LogP contribution in [0.15, 0.2) is 0 Å². The van der Waals surface area contributed by atoms with Crippen LogP contribution in [0.2, 0.25) is 18.1 Å². The van der Waals surface area contributed by atoms with Crippen molar-refractivity contribution >= 4 is 14.2 Å². The lowest BCUT2D eigenvalue weighted by Crippen LogP contribution is -2.51. The third-order valence-electron chi connectivity index (χ3n) is 3.37. The third-order valence-corrected chi connectivity index (χ3v) is 7.87. The lowest BCUT2D eigenvalue weighted by molar-refractivity contribution is -0.131. The van der Waals surface area contributed by atoms with Crippen molar-refractivity contribution in [3.63, 3.8) is 0 Å². The van der Waals surface area contributed by atoms with E-state index in [9.17, 15) is 4.79 Å². The van der Waals surface area contributed by atoms with Crippen LogP contribution in [-0.2, 0) is 14.0 Å². The van der Waals surface area contributed by atoms with Gasteiger partial charge in [0.2, 0.25) is 5.91 Å². The molecule has 1 saturated heterocycles. The summed E-state index contributed by atoms with van der Waals surface area (Å²) < 4.78 is 11.2. The van der Waals surface area contributed by atoms with Gasteiger partial charge in [0.05, 0.1) is 19.3 Å². The highest BCUT2D eigenvalue weighted by atomic mass is 28.4. The molecule has 1 amide bonds. The van der Waals surface area contributed by atoms with E-state index in [-0.39, 0.29) is 23.6 Å². The molecule has 1 heterocycles. The van der Waals surface area contributed by atoms with Crippen molar-refractivity contribution in [2.45, 2.75) is 44.9 Å². The molecule has 94 valence electrons. The summed E-state index contributed by atoms with van der Waals surface area (Å²) in [6.45, 7) is 12.3. The van der Waals surface area contributed by atoms with Crippen molar-refractivity contribution in [1.82, 2.24) is 5.32 Å². The molecule has 0 radical (unpaired) electrons. The summed E-state index contributed by atoms with van der Waals surface area (Å²) in [4.78, 5) is 11.1. The number of hydrogen-bond donors (Lipinski definition) is 1. The van der Waals surface area contributed by atoms with Crippen molar-refractivity contribution in [2.24, 2.45) is 0 Å². The Kier molecular flexibility index (Phi) is 4.15. The maximum Gasteiger partial charge on any atom is 0.246 e. The van der Waals surface area contributed by atoms with Gasteiger partial charge in [-0.3, -0.25) is 4.79 Å². The van der Waals surface area contributed by atoms with Gasteiger partial charge in [-0.15, -0.1) is 0 Å². The van der Waals surface area contributed by atoms with E-state index in [1.54, 1.807) is 0 Å². The van der Waals surface area contributed by atoms with Crippen molar-refractivity contribution in [2.75, 3.05) is 19.8 Å². The number of hydrogen-bond acceptors (Lipinski definition) is 3. The SMILES string of the molecule is CC(C)(C)[Si](C)(C)OCC1COCC(=O)N1. The summed E-state index contributed by atoms with van der Waals surface area (Å²) in [5, 5.41) is 3.07. The maximum atomic E-state index is 11.1. The molecule has 5 heteroatoms. The minimum atomic E-state index is -1.72. The number of amides is 1. The minimum absolute atomic E-state index is 0.00961. The van der Waals surface area contributed by atoms with E-state index >= 15 is 0 Å². The molecule has 0 saturated carbocycles. The van der Waals surface area contributed by atoms with Crippen LogP contribution < -0.4 is 5.32 Å². The van der Waals surface area contributed by atoms with Gasteiger partial charge in [-0.05, 0) is 18.1 Å². The molecule has 1 atom stereocenters. The topological polar surface area (TPSA) is 47.6 Å². The first-order valence-corrected chi connectivity index (χ1v) is 8.64. The smallest absolute Gasteiger partial charge is 0.246 e. The van der Waals surface area contributed by atoms with Crippen LogP contribution in [0.3, 0.4) is 0 Å². The van der Waals surface area contributed by atoms with Crippen molar-refractivity contribution < 1.29 is 14.0 Å². The molecule has 1 rings (SSSR count). The average Bonchev–Trinajstić information content (AvgIpc) is 2.13. The number of ether oxygens (including phenoxy) is 1. The molecule has 0 aliphatic carbocycles. The van der Waals surface area contributed by atoms with E-state index in [4.69, 9.17) is 9.16 Å². The highest BCUT2D eigenvalue weighted by molar-refractivity contribution is 6.74. The molecule has 0 aromatic rings. The van der Waals surface area contributed by atoms with Gasteiger partial charge in [-0.25, -0.2) is 0 Å². The molecular formula is C11H23NO3Si. The molecule has 1 aliphatic heterocycles. The fourth-order valence-electron chi connectivity index (χ4n) is 1.22. The molecule has 16 heavy (non-hydrogen) atoms. The highest BCUT2D eigenvalue weighted by Gasteiger charge is 2.37. The molecule has 1 N–H and O–H groups in total. The van der Waals surface area contributed by atoms with E-state index < -0.39 is 8.32 Å². The molecule has 1 unspecified atom stereocenters. The van der Waals surface area contributed by atoms with Crippen LogP contribution in [-0.4, -0.2) is 40.1 Å². The number of nitrogens with one attached hydrogen (secondary N) is 1. The normalized spacial score (nSPS) is 23.1. The first-order valence-electron chi connectivity index (χ1n) is 5.73. The minimum Gasteiger partial charge on any atom is -0.415 e. The van der Waals surface area contributed by atoms with Crippen molar-refractivity contribution in [3.8, 4) is 0 Å². The largest absolute Gasteiger partial charge is 0.415 e. The standard InChI is InChI=1S/C11H23NO3Si/c1-11(2,3)16(4,5)15-7-9-6-14-8-10(13)12-9/h9H,6-8H2,1-5H3,(H,12,13). The summed E-state index contributed by atoms with van der Waals surface area (Å²) in [7, 11) is -1.72. The van der Waals surface area contributed by atoms with Crippen molar-refractivity contribution in [1.29, 1.82) is 0 Å². The van der Waals surface area contributed by atoms with Gasteiger partial charge in [-0.2, -0.15) is 0 Å². The summed E-state index contributed by atoms with van der Waals surface area (Å²) in [5.74, 6) is -0.0462. The second kappa shape index (κ2) is 4.85. The zero-order chi connectivity index (χ0) is 12.4. The van der Waals surface area contributed by atoms with Crippen LogP contribution in [0.1, 0.15) is 20.8 Å². The van der Waals surface area contributed by atoms with Crippen LogP contribution in [0.25, 0.3) is 0 Å². The summed E-state index contributed by atoms with van der Waals surface area (Å²) in [6.07, 6.45) is 0. The molecule has 1 fully saturated rings. The molecular weight excluding hydrogens is 222 g/mol. The van der Waals surface area contributed by atoms with E-state index in [1.165, 1.54) is 0 Å². The third kappa shape index (κ3) is 3.57. The summed E-state index contributed by atoms with van der Waals surface area (Å²) in [5.41, 5.74) is 0. The zero-order valence-corrected chi connectivity index (χ0v) is 11.9. The summed E-state index contributed by atoms with van der Waals surface area (Å²) in [6, 6.07) is 0.00961. The van der Waals surface area contributed by atoms with Gasteiger partial charge in [0.15, 0.2) is 8.32 Å². The van der Waals surface area contributed by atoms with Crippen LogP contribution in [0.5, 0.6) is 0 Å².